The summed E-state index contributed by atoms with van der Waals surface area (Å²) in [7, 11) is 0. The van der Waals surface area contributed by atoms with Gasteiger partial charge in [-0.05, 0) is 76.5 Å². The summed E-state index contributed by atoms with van der Waals surface area (Å²) in [5.74, 6) is -1.61. The highest BCUT2D eigenvalue weighted by molar-refractivity contribution is 7.97. The number of esters is 2. The third-order valence-corrected chi connectivity index (χ3v) is 10.6. The van der Waals surface area contributed by atoms with Gasteiger partial charge in [-0.15, -0.1) is 0 Å². The largest absolute Gasteiger partial charge is 0.456 e. The van der Waals surface area contributed by atoms with Crippen LogP contribution in [0.5, 0.6) is 0 Å². The number of hydrogen-bond donors (Lipinski definition) is 0. The molecule has 0 aliphatic carbocycles. The zero-order valence-electron chi connectivity index (χ0n) is 25.0. The van der Waals surface area contributed by atoms with E-state index in [1.165, 1.54) is 0 Å². The molecule has 0 aromatic heterocycles. The first-order valence-electron chi connectivity index (χ1n) is 13.9. The van der Waals surface area contributed by atoms with Gasteiger partial charge in [-0.25, -0.2) is 9.59 Å². The average Bonchev–Trinajstić information content (AvgIpc) is 2.95. The van der Waals surface area contributed by atoms with E-state index >= 15 is 0 Å². The van der Waals surface area contributed by atoms with Crippen LogP contribution in [0.1, 0.15) is 62.3 Å². The van der Waals surface area contributed by atoms with E-state index < -0.39 is 35.8 Å². The second-order valence-corrected chi connectivity index (χ2v) is 15.3. The summed E-state index contributed by atoms with van der Waals surface area (Å²) in [5, 5.41) is 2.61. The van der Waals surface area contributed by atoms with Gasteiger partial charge < -0.3 is 9.47 Å². The molecular weight excluding hydrogens is 543 g/mol. The molecular formula is C36H37O5P. The van der Waals surface area contributed by atoms with Gasteiger partial charge in [-0.1, -0.05) is 103 Å². The number of carbonyl (C=O) groups is 3. The van der Waals surface area contributed by atoms with Crippen molar-refractivity contribution in [3.8, 4) is 0 Å². The van der Waals surface area contributed by atoms with Crippen LogP contribution in [0.3, 0.4) is 0 Å². The highest BCUT2D eigenvalue weighted by Gasteiger charge is 2.39. The van der Waals surface area contributed by atoms with Crippen LogP contribution < -0.4 is 15.9 Å². The van der Waals surface area contributed by atoms with E-state index in [1.807, 2.05) is 91.0 Å². The number of Topliss-reactive ketones (excluding diaryl/α,β-unsaturated/α-hetero) is 1. The lowest BCUT2D eigenvalue weighted by atomic mass is 10.1. The van der Waals surface area contributed by atoms with Crippen molar-refractivity contribution in [1.82, 2.24) is 0 Å². The summed E-state index contributed by atoms with van der Waals surface area (Å²) < 4.78 is 11.5. The first kappa shape index (κ1) is 30.7. The molecule has 0 saturated carbocycles. The van der Waals surface area contributed by atoms with E-state index in [0.29, 0.717) is 5.56 Å². The second-order valence-electron chi connectivity index (χ2n) is 11.9. The third kappa shape index (κ3) is 6.80. The maximum absolute atomic E-state index is 14.7. The number of benzene rings is 4. The van der Waals surface area contributed by atoms with Gasteiger partial charge in [0.15, 0.2) is 0 Å². The molecule has 0 atom stereocenters. The molecule has 0 bridgehead atoms. The van der Waals surface area contributed by atoms with E-state index in [0.717, 1.165) is 15.9 Å². The molecule has 42 heavy (non-hydrogen) atoms. The Kier molecular flexibility index (Phi) is 9.03. The van der Waals surface area contributed by atoms with Gasteiger partial charge in [0.1, 0.15) is 16.5 Å². The van der Waals surface area contributed by atoms with Crippen molar-refractivity contribution in [3.05, 3.63) is 126 Å². The molecule has 0 unspecified atom stereocenters. The van der Waals surface area contributed by atoms with Gasteiger partial charge in [-0.3, -0.25) is 4.79 Å². The van der Waals surface area contributed by atoms with Crippen LogP contribution in [0.15, 0.2) is 115 Å². The van der Waals surface area contributed by atoms with Gasteiger partial charge in [0, 0.05) is 5.56 Å². The SMILES string of the molecule is CC(C)(C)OC(=O)C(C(=O)c1ccc(C(=O)OC(C)(C)C)cc1)=P(c1ccccc1)(c1ccccc1)c1ccccc1. The topological polar surface area (TPSA) is 69.7 Å². The van der Waals surface area contributed by atoms with Crippen molar-refractivity contribution in [2.75, 3.05) is 0 Å². The van der Waals surface area contributed by atoms with Gasteiger partial charge in [0.2, 0.25) is 5.78 Å². The quantitative estimate of drug-likeness (QED) is 0.111. The normalized spacial score (nSPS) is 11.9. The van der Waals surface area contributed by atoms with E-state index in [2.05, 4.69) is 0 Å². The van der Waals surface area contributed by atoms with E-state index in [-0.39, 0.29) is 10.9 Å². The number of hydrogen-bond acceptors (Lipinski definition) is 5. The molecule has 0 amide bonds. The summed E-state index contributed by atoms with van der Waals surface area (Å²) in [5.41, 5.74) is -0.914. The highest BCUT2D eigenvalue weighted by atomic mass is 31.2. The first-order chi connectivity index (χ1) is 19.8. The van der Waals surface area contributed by atoms with Crippen molar-refractivity contribution in [2.24, 2.45) is 0 Å². The maximum Gasteiger partial charge on any atom is 0.343 e. The fourth-order valence-corrected chi connectivity index (χ4v) is 9.01. The Morgan fingerprint density at radius 1 is 0.500 bits per heavy atom. The lowest BCUT2D eigenvalue weighted by molar-refractivity contribution is -0.145. The number of carbonyl (C=O) groups excluding carboxylic acids is 3. The van der Waals surface area contributed by atoms with Crippen LogP contribution in [-0.4, -0.2) is 34.2 Å². The van der Waals surface area contributed by atoms with E-state index in [9.17, 15) is 14.4 Å². The molecule has 5 nitrogen and oxygen atoms in total. The molecule has 6 heteroatoms. The Labute approximate surface area is 248 Å². The van der Waals surface area contributed by atoms with Crippen LogP contribution in [0.2, 0.25) is 0 Å². The van der Waals surface area contributed by atoms with Crippen LogP contribution in [0.25, 0.3) is 0 Å². The molecule has 0 saturated heterocycles. The fraction of sp³-hybridized carbons (Fsp3) is 0.222. The zero-order chi connectivity index (χ0) is 30.5. The van der Waals surface area contributed by atoms with Gasteiger partial charge in [0.25, 0.3) is 0 Å². The van der Waals surface area contributed by atoms with Crippen LogP contribution in [0.4, 0.5) is 0 Å². The minimum absolute atomic E-state index is 0.0612. The van der Waals surface area contributed by atoms with E-state index in [4.69, 9.17) is 9.47 Å². The number of rotatable bonds is 7. The molecule has 0 N–H and O–H groups in total. The Morgan fingerprint density at radius 3 is 1.21 bits per heavy atom. The van der Waals surface area contributed by atoms with Crippen molar-refractivity contribution in [2.45, 2.75) is 52.7 Å². The number of ketones is 1. The Balaban J connectivity index is 2.09. The minimum atomic E-state index is -3.09. The summed E-state index contributed by atoms with van der Waals surface area (Å²) in [4.78, 5) is 41.7. The standard InChI is InChI=1S/C36H37O5P/c1-35(2,3)40-33(38)27-24-22-26(23-25-27)31(37)32(34(39)41-36(4,5)6)42(28-16-10-7-11-17-28,29-18-12-8-13-19-29)30-20-14-9-15-21-30/h7-25H,1-6H3. The molecule has 4 rings (SSSR count). The second kappa shape index (κ2) is 12.3. The Hall–Kier alpha value is -4.21. The lowest BCUT2D eigenvalue weighted by Crippen LogP contribution is -2.40. The molecule has 0 fully saturated rings. The summed E-state index contributed by atoms with van der Waals surface area (Å²) in [6, 6.07) is 35.3. The van der Waals surface area contributed by atoms with Crippen molar-refractivity contribution >= 4 is 45.8 Å². The van der Waals surface area contributed by atoms with Crippen molar-refractivity contribution < 1.29 is 23.9 Å². The first-order valence-corrected chi connectivity index (χ1v) is 15.7. The maximum atomic E-state index is 14.7. The molecule has 0 aliphatic rings. The van der Waals surface area contributed by atoms with Gasteiger partial charge in [-0.2, -0.15) is 0 Å². The van der Waals surface area contributed by atoms with Crippen LogP contribution >= 0.6 is 6.89 Å². The van der Waals surface area contributed by atoms with E-state index in [1.54, 1.807) is 65.8 Å². The molecule has 0 heterocycles. The molecule has 4 aromatic carbocycles. The lowest BCUT2D eigenvalue weighted by Gasteiger charge is -2.32. The Morgan fingerprint density at radius 2 is 0.857 bits per heavy atom. The molecule has 0 aliphatic heterocycles. The monoisotopic (exact) mass is 580 g/mol. The molecule has 216 valence electrons. The van der Waals surface area contributed by atoms with Gasteiger partial charge in [0.05, 0.1) is 5.56 Å². The van der Waals surface area contributed by atoms with Gasteiger partial charge >= 0.3 is 11.9 Å². The van der Waals surface area contributed by atoms with Crippen molar-refractivity contribution in [3.63, 3.8) is 0 Å². The molecule has 0 radical (unpaired) electrons. The minimum Gasteiger partial charge on any atom is -0.456 e. The third-order valence-electron chi connectivity index (χ3n) is 6.35. The van der Waals surface area contributed by atoms with Crippen molar-refractivity contribution in [1.29, 1.82) is 0 Å². The zero-order valence-corrected chi connectivity index (χ0v) is 25.9. The van der Waals surface area contributed by atoms with Crippen LogP contribution in [0, 0.1) is 0 Å². The predicted molar refractivity (Wildman–Crippen MR) is 172 cm³/mol. The summed E-state index contributed by atoms with van der Waals surface area (Å²) in [6.45, 7) is 7.67. The molecule has 0 spiro atoms. The highest BCUT2D eigenvalue weighted by Crippen LogP contribution is 2.47. The summed E-state index contributed by atoms with van der Waals surface area (Å²) >= 11 is 0. The number of ether oxygens (including phenoxy) is 2. The van der Waals surface area contributed by atoms with Crippen LogP contribution in [-0.2, 0) is 14.3 Å². The molecule has 4 aromatic rings. The fourth-order valence-electron chi connectivity index (χ4n) is 4.73. The smallest absolute Gasteiger partial charge is 0.343 e. The average molecular weight is 581 g/mol. The Bertz CT molecular complexity index is 1510. The summed E-state index contributed by atoms with van der Waals surface area (Å²) in [6.07, 6.45) is 0. The predicted octanol–water partition coefficient (Wildman–Crippen LogP) is 6.33.